The van der Waals surface area contributed by atoms with Gasteiger partial charge in [0.25, 0.3) is 0 Å². The number of hydrogen-bond acceptors (Lipinski definition) is 6. The maximum absolute atomic E-state index is 12.3. The molecule has 0 unspecified atom stereocenters. The largest absolute Gasteiger partial charge is 0.465 e. The Labute approximate surface area is 172 Å². The molecule has 0 spiro atoms. The molecule has 9 nitrogen and oxygen atoms in total. The minimum atomic E-state index is -0.504. The van der Waals surface area contributed by atoms with Gasteiger partial charge in [-0.1, -0.05) is 0 Å². The van der Waals surface area contributed by atoms with Crippen molar-refractivity contribution < 1.29 is 28.7 Å². The number of ether oxygens (including phenoxy) is 2. The first-order valence-corrected chi connectivity index (χ1v) is 10.3. The summed E-state index contributed by atoms with van der Waals surface area (Å²) in [5.74, 6) is -0.495. The van der Waals surface area contributed by atoms with Gasteiger partial charge >= 0.3 is 12.1 Å². The number of carbonyl (C=O) groups is 4. The van der Waals surface area contributed by atoms with Gasteiger partial charge in [0.15, 0.2) is 0 Å². The van der Waals surface area contributed by atoms with E-state index in [4.69, 9.17) is 9.47 Å². The van der Waals surface area contributed by atoms with Crippen molar-refractivity contribution in [1.29, 1.82) is 0 Å². The van der Waals surface area contributed by atoms with Gasteiger partial charge in [-0.3, -0.25) is 14.4 Å². The Hall–Kier alpha value is -2.32. The zero-order valence-electron chi connectivity index (χ0n) is 17.9. The number of piperazine rings is 1. The SMILES string of the molecule is CCOC(=O)CN1CC(=O)N(CCC2CCN(C(=O)OC(C)(C)C)CC2)CC1=O. The summed E-state index contributed by atoms with van der Waals surface area (Å²) in [5.41, 5.74) is -0.504. The molecular formula is C20H33N3O6. The van der Waals surface area contributed by atoms with Crippen LogP contribution in [0.1, 0.15) is 47.0 Å². The Morgan fingerprint density at radius 2 is 1.62 bits per heavy atom. The van der Waals surface area contributed by atoms with Gasteiger partial charge in [0, 0.05) is 19.6 Å². The van der Waals surface area contributed by atoms with Crippen LogP contribution in [-0.4, -0.2) is 90.1 Å². The smallest absolute Gasteiger partial charge is 0.410 e. The average Bonchev–Trinajstić information content (AvgIpc) is 2.62. The fourth-order valence-corrected chi connectivity index (χ4v) is 3.48. The second-order valence-corrected chi connectivity index (χ2v) is 8.57. The standard InChI is InChI=1S/C20H33N3O6/c1-5-28-18(26)14-23-13-16(24)22(12-17(23)25)11-8-15-6-9-21(10-7-15)19(27)29-20(2,3)4/h15H,5-14H2,1-4H3. The van der Waals surface area contributed by atoms with Crippen LogP contribution in [0.4, 0.5) is 4.79 Å². The maximum Gasteiger partial charge on any atom is 0.410 e. The normalized spacial score (nSPS) is 18.8. The Balaban J connectivity index is 1.73. The summed E-state index contributed by atoms with van der Waals surface area (Å²) >= 11 is 0. The molecule has 2 fully saturated rings. The van der Waals surface area contributed by atoms with Crippen molar-refractivity contribution in [1.82, 2.24) is 14.7 Å². The predicted octanol–water partition coefficient (Wildman–Crippen LogP) is 1.26. The molecule has 3 amide bonds. The zero-order chi connectivity index (χ0) is 21.6. The molecule has 0 bridgehead atoms. The number of piperidine rings is 1. The van der Waals surface area contributed by atoms with Gasteiger partial charge in [-0.15, -0.1) is 0 Å². The average molecular weight is 411 g/mol. The molecule has 0 saturated carbocycles. The molecule has 0 N–H and O–H groups in total. The molecule has 0 aromatic carbocycles. The molecule has 9 heteroatoms. The van der Waals surface area contributed by atoms with Crippen LogP contribution in [0.15, 0.2) is 0 Å². The Bertz CT molecular complexity index is 622. The van der Waals surface area contributed by atoms with Crippen LogP contribution in [0.3, 0.4) is 0 Å². The van der Waals surface area contributed by atoms with Gasteiger partial charge in [-0.25, -0.2) is 4.79 Å². The van der Waals surface area contributed by atoms with Crippen molar-refractivity contribution in [2.24, 2.45) is 5.92 Å². The summed E-state index contributed by atoms with van der Waals surface area (Å²) in [6.45, 7) is 9.00. The van der Waals surface area contributed by atoms with Crippen molar-refractivity contribution >= 4 is 23.9 Å². The molecule has 0 atom stereocenters. The van der Waals surface area contributed by atoms with Gasteiger partial charge in [0.1, 0.15) is 18.7 Å². The van der Waals surface area contributed by atoms with E-state index in [-0.39, 0.29) is 44.1 Å². The maximum atomic E-state index is 12.3. The quantitative estimate of drug-likeness (QED) is 0.611. The minimum Gasteiger partial charge on any atom is -0.465 e. The van der Waals surface area contributed by atoms with Crippen LogP contribution < -0.4 is 0 Å². The molecule has 0 radical (unpaired) electrons. The number of esters is 1. The molecule has 2 aliphatic rings. The fourth-order valence-electron chi connectivity index (χ4n) is 3.48. The molecule has 164 valence electrons. The van der Waals surface area contributed by atoms with E-state index in [0.29, 0.717) is 25.6 Å². The van der Waals surface area contributed by atoms with Crippen molar-refractivity contribution in [2.45, 2.75) is 52.6 Å². The van der Waals surface area contributed by atoms with Crippen molar-refractivity contribution in [3.8, 4) is 0 Å². The summed E-state index contributed by atoms with van der Waals surface area (Å²) in [4.78, 5) is 52.8. The third-order valence-electron chi connectivity index (χ3n) is 5.06. The number of nitrogens with zero attached hydrogens (tertiary/aromatic N) is 3. The fraction of sp³-hybridized carbons (Fsp3) is 0.800. The van der Waals surface area contributed by atoms with Crippen LogP contribution in [0.5, 0.6) is 0 Å². The van der Waals surface area contributed by atoms with Crippen LogP contribution in [0, 0.1) is 5.92 Å². The van der Waals surface area contributed by atoms with Crippen LogP contribution in [-0.2, 0) is 23.9 Å². The Morgan fingerprint density at radius 3 is 2.21 bits per heavy atom. The van der Waals surface area contributed by atoms with E-state index < -0.39 is 11.6 Å². The number of carbonyl (C=O) groups excluding carboxylic acids is 4. The summed E-state index contributed by atoms with van der Waals surface area (Å²) in [6, 6.07) is 0. The molecule has 2 saturated heterocycles. The zero-order valence-corrected chi connectivity index (χ0v) is 17.9. The third-order valence-corrected chi connectivity index (χ3v) is 5.06. The number of hydrogen-bond donors (Lipinski definition) is 0. The predicted molar refractivity (Wildman–Crippen MR) is 105 cm³/mol. The first-order valence-electron chi connectivity index (χ1n) is 10.3. The van der Waals surface area contributed by atoms with Crippen LogP contribution >= 0.6 is 0 Å². The van der Waals surface area contributed by atoms with E-state index in [9.17, 15) is 19.2 Å². The molecular weight excluding hydrogens is 378 g/mol. The highest BCUT2D eigenvalue weighted by molar-refractivity contribution is 5.94. The lowest BCUT2D eigenvalue weighted by atomic mass is 9.93. The summed E-state index contributed by atoms with van der Waals surface area (Å²) in [5, 5.41) is 0. The molecule has 0 aromatic heterocycles. The molecule has 0 aromatic rings. The van der Waals surface area contributed by atoms with Crippen molar-refractivity contribution in [2.75, 3.05) is 45.9 Å². The monoisotopic (exact) mass is 411 g/mol. The van der Waals surface area contributed by atoms with E-state index >= 15 is 0 Å². The Kier molecular flexibility index (Phi) is 7.87. The molecule has 29 heavy (non-hydrogen) atoms. The Morgan fingerprint density at radius 1 is 1.03 bits per heavy atom. The molecule has 2 heterocycles. The lowest BCUT2D eigenvalue weighted by molar-refractivity contribution is -0.156. The highest BCUT2D eigenvalue weighted by Crippen LogP contribution is 2.23. The van der Waals surface area contributed by atoms with Gasteiger partial charge in [0.05, 0.1) is 13.2 Å². The summed E-state index contributed by atoms with van der Waals surface area (Å²) in [7, 11) is 0. The van der Waals surface area contributed by atoms with Crippen molar-refractivity contribution in [3.05, 3.63) is 0 Å². The van der Waals surface area contributed by atoms with Crippen molar-refractivity contribution in [3.63, 3.8) is 0 Å². The highest BCUT2D eigenvalue weighted by atomic mass is 16.6. The lowest BCUT2D eigenvalue weighted by Crippen LogP contribution is -2.55. The summed E-state index contributed by atoms with van der Waals surface area (Å²) in [6.07, 6.45) is 2.21. The highest BCUT2D eigenvalue weighted by Gasteiger charge is 2.32. The van der Waals surface area contributed by atoms with Gasteiger partial charge in [-0.05, 0) is 52.9 Å². The van der Waals surface area contributed by atoms with Gasteiger partial charge < -0.3 is 24.2 Å². The topological polar surface area (TPSA) is 96.5 Å². The first kappa shape index (κ1) is 23.0. The second-order valence-electron chi connectivity index (χ2n) is 8.57. The van der Waals surface area contributed by atoms with E-state index in [0.717, 1.165) is 19.3 Å². The second kappa shape index (κ2) is 9.93. The minimum absolute atomic E-state index is 0.00497. The van der Waals surface area contributed by atoms with Crippen LogP contribution in [0.2, 0.25) is 0 Å². The third kappa shape index (κ3) is 7.21. The van der Waals surface area contributed by atoms with E-state index in [1.165, 1.54) is 4.90 Å². The molecule has 0 aliphatic carbocycles. The molecule has 2 rings (SSSR count). The number of likely N-dealkylation sites (tertiary alicyclic amines) is 1. The molecule has 2 aliphatic heterocycles. The van der Waals surface area contributed by atoms with Gasteiger partial charge in [0.2, 0.25) is 11.8 Å². The van der Waals surface area contributed by atoms with Crippen LogP contribution in [0.25, 0.3) is 0 Å². The summed E-state index contributed by atoms with van der Waals surface area (Å²) < 4.78 is 10.2. The number of rotatable bonds is 6. The van der Waals surface area contributed by atoms with Gasteiger partial charge in [-0.2, -0.15) is 0 Å². The van der Waals surface area contributed by atoms with E-state index in [2.05, 4.69) is 0 Å². The lowest BCUT2D eigenvalue weighted by Gasteiger charge is -2.36. The number of amides is 3. The van der Waals surface area contributed by atoms with E-state index in [1.54, 1.807) is 16.7 Å². The van der Waals surface area contributed by atoms with E-state index in [1.807, 2.05) is 20.8 Å². The first-order chi connectivity index (χ1) is 13.6.